The van der Waals surface area contributed by atoms with Gasteiger partial charge in [0.1, 0.15) is 12.3 Å². The number of hydrogen-bond donors (Lipinski definition) is 1. The summed E-state index contributed by atoms with van der Waals surface area (Å²) in [4.78, 5) is 30.3. The van der Waals surface area contributed by atoms with E-state index in [1.807, 2.05) is 43.3 Å². The van der Waals surface area contributed by atoms with Crippen molar-refractivity contribution in [3.63, 3.8) is 0 Å². The summed E-state index contributed by atoms with van der Waals surface area (Å²) in [7, 11) is 0. The van der Waals surface area contributed by atoms with Crippen LogP contribution >= 0.6 is 0 Å². The number of benzene rings is 1. The number of esters is 1. The Morgan fingerprint density at radius 3 is 2.77 bits per heavy atom. The second-order valence-corrected chi connectivity index (χ2v) is 8.89. The van der Waals surface area contributed by atoms with Crippen LogP contribution < -0.4 is 5.56 Å². The molecule has 0 aliphatic carbocycles. The molecule has 0 spiro atoms. The van der Waals surface area contributed by atoms with E-state index in [1.165, 1.54) is 4.68 Å². The first-order chi connectivity index (χ1) is 16.9. The molecule has 184 valence electrons. The topological polar surface area (TPSA) is 119 Å². The van der Waals surface area contributed by atoms with Crippen molar-refractivity contribution in [3.05, 3.63) is 75.7 Å². The zero-order valence-corrected chi connectivity index (χ0v) is 20.4. The molecular weight excluding hydrogens is 448 g/mol. The number of aromatic nitrogens is 5. The number of hydrogen-bond acceptors (Lipinski definition) is 8. The highest BCUT2D eigenvalue weighted by Crippen LogP contribution is 2.30. The lowest BCUT2D eigenvalue weighted by Crippen LogP contribution is -2.35. The van der Waals surface area contributed by atoms with Gasteiger partial charge in [-0.05, 0) is 65.9 Å². The van der Waals surface area contributed by atoms with E-state index in [9.17, 15) is 9.59 Å². The molecule has 35 heavy (non-hydrogen) atoms. The standard InChI is InChI=1S/C25H30N6O4/c1-5-34-22(32)15-31-24(27-28-29-31)23(16(2)3)30(14-20-7-6-10-35-20)13-19-12-18-11-17(4)8-9-21(18)26-25(19)33/h6-12,16,23H,5,13-15H2,1-4H3,(H,26,33). The monoisotopic (exact) mass is 478 g/mol. The third-order valence-corrected chi connectivity index (χ3v) is 5.82. The lowest BCUT2D eigenvalue weighted by Gasteiger charge is -2.32. The lowest BCUT2D eigenvalue weighted by molar-refractivity contribution is -0.144. The minimum atomic E-state index is -0.414. The summed E-state index contributed by atoms with van der Waals surface area (Å²) in [6.07, 6.45) is 1.62. The molecule has 0 aliphatic heterocycles. The van der Waals surface area contributed by atoms with Gasteiger partial charge >= 0.3 is 5.97 Å². The summed E-state index contributed by atoms with van der Waals surface area (Å²) < 4.78 is 12.2. The third kappa shape index (κ3) is 5.65. The Morgan fingerprint density at radius 2 is 2.06 bits per heavy atom. The number of rotatable bonds is 10. The van der Waals surface area contributed by atoms with Gasteiger partial charge in [-0.3, -0.25) is 14.5 Å². The van der Waals surface area contributed by atoms with Crippen LogP contribution in [0.5, 0.6) is 0 Å². The molecule has 1 aromatic carbocycles. The van der Waals surface area contributed by atoms with Gasteiger partial charge in [0.25, 0.3) is 5.56 Å². The molecule has 1 unspecified atom stereocenters. The van der Waals surface area contributed by atoms with E-state index in [0.29, 0.717) is 24.5 Å². The van der Waals surface area contributed by atoms with Crippen LogP contribution in [0.15, 0.2) is 51.9 Å². The van der Waals surface area contributed by atoms with Gasteiger partial charge in [0.05, 0.1) is 25.5 Å². The number of ether oxygens (including phenoxy) is 1. The van der Waals surface area contributed by atoms with Gasteiger partial charge in [-0.2, -0.15) is 0 Å². The maximum absolute atomic E-state index is 13.0. The van der Waals surface area contributed by atoms with Crippen molar-refractivity contribution in [2.45, 2.75) is 53.4 Å². The van der Waals surface area contributed by atoms with Crippen molar-refractivity contribution in [1.82, 2.24) is 30.1 Å². The van der Waals surface area contributed by atoms with Gasteiger partial charge in [0.15, 0.2) is 5.82 Å². The fourth-order valence-electron chi connectivity index (χ4n) is 4.31. The van der Waals surface area contributed by atoms with Gasteiger partial charge in [0, 0.05) is 17.6 Å². The lowest BCUT2D eigenvalue weighted by atomic mass is 10.00. The fourth-order valence-corrected chi connectivity index (χ4v) is 4.31. The molecule has 10 heteroatoms. The predicted octanol–water partition coefficient (Wildman–Crippen LogP) is 3.38. The molecule has 0 aliphatic rings. The number of tetrazole rings is 1. The van der Waals surface area contributed by atoms with Crippen molar-refractivity contribution < 1.29 is 13.9 Å². The van der Waals surface area contributed by atoms with Crippen LogP contribution in [0.4, 0.5) is 0 Å². The Balaban J connectivity index is 1.74. The number of carbonyl (C=O) groups is 1. The highest BCUT2D eigenvalue weighted by Gasteiger charge is 2.31. The number of aryl methyl sites for hydroxylation is 1. The summed E-state index contributed by atoms with van der Waals surface area (Å²) >= 11 is 0. The Bertz CT molecular complexity index is 1340. The molecule has 10 nitrogen and oxygen atoms in total. The van der Waals surface area contributed by atoms with Crippen LogP contribution in [-0.4, -0.2) is 42.7 Å². The fraction of sp³-hybridized carbons (Fsp3) is 0.400. The number of aromatic amines is 1. The average Bonchev–Trinajstić information content (AvgIpc) is 3.47. The van der Waals surface area contributed by atoms with Gasteiger partial charge in [-0.15, -0.1) is 5.10 Å². The first kappa shape index (κ1) is 24.3. The number of fused-ring (bicyclic) bond motifs is 1. The normalized spacial score (nSPS) is 12.5. The number of nitrogens with one attached hydrogen (secondary N) is 1. The zero-order valence-electron chi connectivity index (χ0n) is 20.4. The minimum absolute atomic E-state index is 0.0543. The number of nitrogens with zero attached hydrogens (tertiary/aromatic N) is 5. The van der Waals surface area contributed by atoms with Crippen molar-refractivity contribution in [2.24, 2.45) is 5.92 Å². The molecule has 4 rings (SSSR count). The second kappa shape index (κ2) is 10.6. The van der Waals surface area contributed by atoms with Crippen molar-refractivity contribution >= 4 is 16.9 Å². The van der Waals surface area contributed by atoms with Crippen LogP contribution in [0, 0.1) is 12.8 Å². The van der Waals surface area contributed by atoms with E-state index in [1.54, 1.807) is 13.2 Å². The molecule has 3 aromatic heterocycles. The van der Waals surface area contributed by atoms with E-state index in [2.05, 4.69) is 39.3 Å². The number of furan rings is 1. The quantitative estimate of drug-likeness (QED) is 0.345. The first-order valence-electron chi connectivity index (χ1n) is 11.7. The zero-order chi connectivity index (χ0) is 24.9. The molecule has 3 heterocycles. The molecule has 0 fully saturated rings. The summed E-state index contributed by atoms with van der Waals surface area (Å²) in [5.41, 5.74) is 2.37. The van der Waals surface area contributed by atoms with Gasteiger partial charge in [-0.1, -0.05) is 25.5 Å². The molecule has 4 aromatic rings. The number of H-pyrrole nitrogens is 1. The predicted molar refractivity (Wildman–Crippen MR) is 129 cm³/mol. The largest absolute Gasteiger partial charge is 0.468 e. The van der Waals surface area contributed by atoms with E-state index in [0.717, 1.165) is 22.2 Å². The molecule has 0 saturated heterocycles. The highest BCUT2D eigenvalue weighted by molar-refractivity contribution is 5.79. The summed E-state index contributed by atoms with van der Waals surface area (Å²) in [5, 5.41) is 13.1. The van der Waals surface area contributed by atoms with Crippen LogP contribution in [0.1, 0.15) is 49.5 Å². The van der Waals surface area contributed by atoms with E-state index in [-0.39, 0.29) is 30.7 Å². The second-order valence-electron chi connectivity index (χ2n) is 8.89. The summed E-state index contributed by atoms with van der Waals surface area (Å²) in [5.74, 6) is 0.905. The van der Waals surface area contributed by atoms with E-state index >= 15 is 0 Å². The maximum Gasteiger partial charge on any atom is 0.327 e. The molecule has 0 amide bonds. The molecule has 1 N–H and O–H groups in total. The van der Waals surface area contributed by atoms with Crippen LogP contribution in [0.2, 0.25) is 0 Å². The van der Waals surface area contributed by atoms with Crippen LogP contribution in [0.3, 0.4) is 0 Å². The SMILES string of the molecule is CCOC(=O)Cn1nnnc1C(C(C)C)N(Cc1ccco1)Cc1cc2cc(C)ccc2[nH]c1=O. The highest BCUT2D eigenvalue weighted by atomic mass is 16.5. The van der Waals surface area contributed by atoms with Crippen molar-refractivity contribution in [3.8, 4) is 0 Å². The van der Waals surface area contributed by atoms with Gasteiger partial charge in [-0.25, -0.2) is 4.68 Å². The number of carbonyl (C=O) groups excluding carboxylic acids is 1. The van der Waals surface area contributed by atoms with Crippen LogP contribution in [0.25, 0.3) is 10.9 Å². The third-order valence-electron chi connectivity index (χ3n) is 5.82. The Kier molecular flexibility index (Phi) is 7.40. The Hall–Kier alpha value is -3.79. The Morgan fingerprint density at radius 1 is 1.23 bits per heavy atom. The van der Waals surface area contributed by atoms with Crippen molar-refractivity contribution in [2.75, 3.05) is 6.61 Å². The molecule has 0 bridgehead atoms. The molecule has 0 saturated carbocycles. The van der Waals surface area contributed by atoms with E-state index < -0.39 is 5.97 Å². The molecule has 1 atom stereocenters. The van der Waals surface area contributed by atoms with Crippen molar-refractivity contribution in [1.29, 1.82) is 0 Å². The first-order valence-corrected chi connectivity index (χ1v) is 11.7. The van der Waals surface area contributed by atoms with Crippen LogP contribution in [-0.2, 0) is 29.2 Å². The smallest absolute Gasteiger partial charge is 0.327 e. The average molecular weight is 479 g/mol. The Labute approximate surface area is 202 Å². The van der Waals surface area contributed by atoms with Gasteiger partial charge in [0.2, 0.25) is 0 Å². The molecular formula is C25H30N6O4. The summed E-state index contributed by atoms with van der Waals surface area (Å²) in [6, 6.07) is 11.3. The summed E-state index contributed by atoms with van der Waals surface area (Å²) in [6.45, 7) is 8.81. The molecule has 0 radical (unpaired) electrons. The number of pyridine rings is 1. The minimum Gasteiger partial charge on any atom is -0.468 e. The van der Waals surface area contributed by atoms with Gasteiger partial charge < -0.3 is 14.1 Å². The maximum atomic E-state index is 13.0. The van der Waals surface area contributed by atoms with E-state index in [4.69, 9.17) is 9.15 Å².